The molecule has 0 aliphatic heterocycles. The second kappa shape index (κ2) is 5.34. The smallest absolute Gasteiger partial charge is 0.313 e. The SMILES string of the molecule is Nn1c(SCC(=O)O)nnc1-c1cc2ccc(F)cc2s1. The molecule has 108 valence electrons. The largest absolute Gasteiger partial charge is 0.481 e. The molecule has 6 nitrogen and oxygen atoms in total. The van der Waals surface area contributed by atoms with Crippen LogP contribution < -0.4 is 5.84 Å². The number of carboxylic acid groups (broad SMARTS) is 1. The highest BCUT2D eigenvalue weighted by molar-refractivity contribution is 7.99. The summed E-state index contributed by atoms with van der Waals surface area (Å²) in [6.45, 7) is 0. The molecule has 0 fully saturated rings. The van der Waals surface area contributed by atoms with E-state index in [9.17, 15) is 9.18 Å². The first-order chi connectivity index (χ1) is 10.0. The summed E-state index contributed by atoms with van der Waals surface area (Å²) in [6, 6.07) is 6.36. The van der Waals surface area contributed by atoms with Crippen LogP contribution in [0, 0.1) is 5.82 Å². The lowest BCUT2D eigenvalue weighted by Crippen LogP contribution is -2.12. The summed E-state index contributed by atoms with van der Waals surface area (Å²) in [5, 5.41) is 17.7. The Morgan fingerprint density at radius 1 is 1.43 bits per heavy atom. The van der Waals surface area contributed by atoms with Crippen molar-refractivity contribution in [1.29, 1.82) is 0 Å². The number of nitrogens with two attached hydrogens (primary N) is 1. The first kappa shape index (κ1) is 13.8. The van der Waals surface area contributed by atoms with E-state index < -0.39 is 5.97 Å². The molecule has 0 saturated carbocycles. The van der Waals surface area contributed by atoms with Gasteiger partial charge < -0.3 is 10.9 Å². The molecule has 0 spiro atoms. The maximum Gasteiger partial charge on any atom is 0.313 e. The molecule has 0 bridgehead atoms. The summed E-state index contributed by atoms with van der Waals surface area (Å²) in [7, 11) is 0. The van der Waals surface area contributed by atoms with Gasteiger partial charge in [0.2, 0.25) is 5.16 Å². The molecule has 2 aromatic heterocycles. The first-order valence-corrected chi connectivity index (χ1v) is 7.59. The van der Waals surface area contributed by atoms with Crippen molar-refractivity contribution < 1.29 is 14.3 Å². The highest BCUT2D eigenvalue weighted by atomic mass is 32.2. The van der Waals surface area contributed by atoms with Gasteiger partial charge in [0.25, 0.3) is 0 Å². The number of rotatable bonds is 4. The maximum atomic E-state index is 13.2. The fraction of sp³-hybridized carbons (Fsp3) is 0.0833. The topological polar surface area (TPSA) is 94.0 Å². The zero-order chi connectivity index (χ0) is 15.0. The van der Waals surface area contributed by atoms with Crippen molar-refractivity contribution in [1.82, 2.24) is 14.9 Å². The second-order valence-corrected chi connectivity index (χ2v) is 6.18. The Morgan fingerprint density at radius 2 is 2.24 bits per heavy atom. The van der Waals surface area contributed by atoms with E-state index in [-0.39, 0.29) is 11.6 Å². The van der Waals surface area contributed by atoms with E-state index in [1.54, 1.807) is 6.07 Å². The monoisotopic (exact) mass is 324 g/mol. The molecule has 0 unspecified atom stereocenters. The Labute approximate surface area is 126 Å². The molecule has 3 aromatic rings. The zero-order valence-corrected chi connectivity index (χ0v) is 12.1. The average Bonchev–Trinajstić information content (AvgIpc) is 2.99. The number of carbonyl (C=O) groups is 1. The Balaban J connectivity index is 1.97. The van der Waals surface area contributed by atoms with Crippen molar-refractivity contribution in [3.05, 3.63) is 30.1 Å². The van der Waals surface area contributed by atoms with Gasteiger partial charge in [0.15, 0.2) is 5.82 Å². The minimum atomic E-state index is -0.957. The normalized spacial score (nSPS) is 11.1. The number of hydrogen-bond donors (Lipinski definition) is 2. The molecule has 0 aliphatic carbocycles. The van der Waals surface area contributed by atoms with Gasteiger partial charge in [-0.05, 0) is 23.6 Å². The molecule has 0 radical (unpaired) electrons. The van der Waals surface area contributed by atoms with Gasteiger partial charge in [0.05, 0.1) is 10.6 Å². The van der Waals surface area contributed by atoms with E-state index in [1.165, 1.54) is 28.1 Å². The van der Waals surface area contributed by atoms with Gasteiger partial charge in [-0.25, -0.2) is 9.07 Å². The number of fused-ring (bicyclic) bond motifs is 1. The summed E-state index contributed by atoms with van der Waals surface area (Å²) >= 11 is 2.34. The van der Waals surface area contributed by atoms with Crippen molar-refractivity contribution in [3.63, 3.8) is 0 Å². The second-order valence-electron chi connectivity index (χ2n) is 4.15. The Bertz CT molecular complexity index is 830. The van der Waals surface area contributed by atoms with Crippen LogP contribution in [0.15, 0.2) is 29.4 Å². The van der Waals surface area contributed by atoms with Gasteiger partial charge in [0, 0.05) is 4.70 Å². The van der Waals surface area contributed by atoms with E-state index >= 15 is 0 Å². The van der Waals surface area contributed by atoms with Crippen molar-refractivity contribution in [2.75, 3.05) is 11.6 Å². The van der Waals surface area contributed by atoms with Crippen molar-refractivity contribution in [2.24, 2.45) is 0 Å². The summed E-state index contributed by atoms with van der Waals surface area (Å²) in [5.74, 6) is 4.90. The standard InChI is InChI=1S/C12H9FN4O2S2/c13-7-2-1-6-3-9(21-8(6)4-7)11-15-16-12(17(11)14)20-5-10(18)19/h1-4H,5,14H2,(H,18,19). The number of nitrogens with zero attached hydrogens (tertiary/aromatic N) is 3. The number of carboxylic acids is 1. The third-order valence-electron chi connectivity index (χ3n) is 2.69. The highest BCUT2D eigenvalue weighted by Gasteiger charge is 2.15. The molecule has 0 amide bonds. The van der Waals surface area contributed by atoms with Gasteiger partial charge in [0.1, 0.15) is 5.82 Å². The molecule has 0 aliphatic rings. The molecule has 3 N–H and O–H groups in total. The number of aromatic nitrogens is 3. The summed E-state index contributed by atoms with van der Waals surface area (Å²) < 4.78 is 15.2. The Hall–Kier alpha value is -2.13. The third kappa shape index (κ3) is 2.69. The summed E-state index contributed by atoms with van der Waals surface area (Å²) in [5.41, 5.74) is 0. The van der Waals surface area contributed by atoms with E-state index in [2.05, 4.69) is 10.2 Å². The minimum Gasteiger partial charge on any atom is -0.481 e. The maximum absolute atomic E-state index is 13.2. The number of nitrogen functional groups attached to an aromatic ring is 1. The quantitative estimate of drug-likeness (QED) is 0.564. The number of hydrogen-bond acceptors (Lipinski definition) is 6. The van der Waals surface area contributed by atoms with Gasteiger partial charge in [-0.15, -0.1) is 21.5 Å². The third-order valence-corrected chi connectivity index (χ3v) is 4.71. The van der Waals surface area contributed by atoms with E-state index in [0.717, 1.165) is 26.7 Å². The lowest BCUT2D eigenvalue weighted by Gasteiger charge is -2.00. The zero-order valence-electron chi connectivity index (χ0n) is 10.5. The predicted molar refractivity (Wildman–Crippen MR) is 79.3 cm³/mol. The molecule has 9 heteroatoms. The number of aliphatic carboxylic acids is 1. The minimum absolute atomic E-state index is 0.146. The summed E-state index contributed by atoms with van der Waals surface area (Å²) in [6.07, 6.45) is 0. The van der Waals surface area contributed by atoms with E-state index in [0.29, 0.717) is 11.0 Å². The fourth-order valence-corrected chi connectivity index (χ4v) is 3.43. The number of thiophene rings is 1. The lowest BCUT2D eigenvalue weighted by atomic mass is 10.2. The number of halogens is 1. The first-order valence-electron chi connectivity index (χ1n) is 5.79. The molecule has 3 rings (SSSR count). The molecule has 0 saturated heterocycles. The molecular weight excluding hydrogens is 315 g/mol. The van der Waals surface area contributed by atoms with E-state index in [1.807, 2.05) is 6.07 Å². The van der Waals surface area contributed by atoms with Crippen LogP contribution in [0.5, 0.6) is 0 Å². The predicted octanol–water partition coefficient (Wildman–Crippen LogP) is 2.19. The average molecular weight is 324 g/mol. The van der Waals surface area contributed by atoms with E-state index in [4.69, 9.17) is 10.9 Å². The van der Waals surface area contributed by atoms with Gasteiger partial charge in [-0.2, -0.15) is 0 Å². The van der Waals surface area contributed by atoms with Crippen LogP contribution in [0.3, 0.4) is 0 Å². The fourth-order valence-electron chi connectivity index (χ4n) is 1.78. The summed E-state index contributed by atoms with van der Waals surface area (Å²) in [4.78, 5) is 11.3. The van der Waals surface area contributed by atoms with Gasteiger partial charge >= 0.3 is 5.97 Å². The van der Waals surface area contributed by atoms with Crippen molar-refractivity contribution >= 4 is 39.2 Å². The Morgan fingerprint density at radius 3 is 3.00 bits per heavy atom. The molecule has 0 atom stereocenters. The number of benzene rings is 1. The number of thioether (sulfide) groups is 1. The molecule has 21 heavy (non-hydrogen) atoms. The molecular formula is C12H9FN4O2S2. The van der Waals surface area contributed by atoms with Crippen molar-refractivity contribution in [2.45, 2.75) is 5.16 Å². The Kier molecular flexibility index (Phi) is 3.52. The van der Waals surface area contributed by atoms with Crippen LogP contribution in [-0.4, -0.2) is 31.7 Å². The van der Waals surface area contributed by atoms with Crippen LogP contribution in [0.4, 0.5) is 4.39 Å². The van der Waals surface area contributed by atoms with Gasteiger partial charge in [-0.3, -0.25) is 4.79 Å². The van der Waals surface area contributed by atoms with Crippen LogP contribution in [0.1, 0.15) is 0 Å². The highest BCUT2D eigenvalue weighted by Crippen LogP contribution is 2.33. The van der Waals surface area contributed by atoms with Gasteiger partial charge in [-0.1, -0.05) is 17.8 Å². The van der Waals surface area contributed by atoms with Crippen LogP contribution in [-0.2, 0) is 4.79 Å². The molecule has 1 aromatic carbocycles. The molecule has 2 heterocycles. The van der Waals surface area contributed by atoms with Crippen LogP contribution >= 0.6 is 23.1 Å². The lowest BCUT2D eigenvalue weighted by molar-refractivity contribution is -0.133. The van der Waals surface area contributed by atoms with Crippen LogP contribution in [0.25, 0.3) is 20.8 Å². The van der Waals surface area contributed by atoms with Crippen LogP contribution in [0.2, 0.25) is 0 Å². The van der Waals surface area contributed by atoms with Crippen molar-refractivity contribution in [3.8, 4) is 10.7 Å².